The number of fused-ring (bicyclic) bond motifs is 2. The first-order valence-corrected chi connectivity index (χ1v) is 11.8. The van der Waals surface area contributed by atoms with Crippen LogP contribution in [-0.4, -0.2) is 15.9 Å². The zero-order chi connectivity index (χ0) is 23.8. The summed E-state index contributed by atoms with van der Waals surface area (Å²) in [6.45, 7) is 0.317. The normalized spacial score (nSPS) is 11.2. The molecule has 0 saturated heterocycles. The third-order valence-corrected chi connectivity index (χ3v) is 6.88. The minimum atomic E-state index is -0.361. The average molecular weight is 480 g/mol. The molecule has 0 aliphatic rings. The SMILES string of the molecule is O=C(c1cnc2ccccc2n1)N(Cc1ccc(-c2ccc3occc3c2)s1)c1ccc(F)cc1. The minimum Gasteiger partial charge on any atom is -0.464 e. The summed E-state index contributed by atoms with van der Waals surface area (Å²) >= 11 is 1.60. The van der Waals surface area contributed by atoms with Gasteiger partial charge in [0.1, 0.15) is 17.1 Å². The number of aromatic nitrogens is 2. The summed E-state index contributed by atoms with van der Waals surface area (Å²) in [5.41, 5.74) is 4.10. The highest BCUT2D eigenvalue weighted by atomic mass is 32.1. The summed E-state index contributed by atoms with van der Waals surface area (Å²) in [6, 6.07) is 25.4. The zero-order valence-electron chi connectivity index (χ0n) is 18.4. The molecule has 0 aliphatic carbocycles. The standard InChI is InChI=1S/C28H18FN3O2S/c29-20-6-8-21(9-7-20)32(28(33)25-16-30-23-3-1-2-4-24(23)31-25)17-22-10-12-27(35-22)19-5-11-26-18(15-19)13-14-34-26/h1-16H,17H2. The van der Waals surface area contributed by atoms with Crippen LogP contribution in [-0.2, 0) is 6.54 Å². The van der Waals surface area contributed by atoms with Gasteiger partial charge in [0.15, 0.2) is 0 Å². The van der Waals surface area contributed by atoms with E-state index < -0.39 is 0 Å². The third-order valence-electron chi connectivity index (χ3n) is 5.76. The van der Waals surface area contributed by atoms with E-state index in [1.165, 1.54) is 18.3 Å². The molecule has 3 aromatic carbocycles. The quantitative estimate of drug-likeness (QED) is 0.265. The Morgan fingerprint density at radius 2 is 1.77 bits per heavy atom. The molecular weight excluding hydrogens is 461 g/mol. The van der Waals surface area contributed by atoms with Gasteiger partial charge in [0.2, 0.25) is 0 Å². The largest absolute Gasteiger partial charge is 0.464 e. The molecule has 0 N–H and O–H groups in total. The molecule has 5 nitrogen and oxygen atoms in total. The van der Waals surface area contributed by atoms with E-state index in [2.05, 4.69) is 16.0 Å². The minimum absolute atomic E-state index is 0.232. The molecule has 7 heteroatoms. The van der Waals surface area contributed by atoms with Crippen LogP contribution >= 0.6 is 11.3 Å². The van der Waals surface area contributed by atoms with Gasteiger partial charge in [-0.25, -0.2) is 9.37 Å². The van der Waals surface area contributed by atoms with Gasteiger partial charge in [0.25, 0.3) is 5.91 Å². The average Bonchev–Trinajstić information content (AvgIpc) is 3.56. The number of amides is 1. The van der Waals surface area contributed by atoms with Gasteiger partial charge in [0.05, 0.1) is 30.0 Å². The number of anilines is 1. The first kappa shape index (κ1) is 21.2. The molecule has 3 aromatic heterocycles. The van der Waals surface area contributed by atoms with E-state index in [1.54, 1.807) is 34.6 Å². The van der Waals surface area contributed by atoms with Gasteiger partial charge in [-0.2, -0.15) is 0 Å². The molecule has 6 aromatic rings. The molecule has 0 unspecified atom stereocenters. The second-order valence-corrected chi connectivity index (χ2v) is 9.22. The first-order chi connectivity index (χ1) is 17.1. The van der Waals surface area contributed by atoms with Gasteiger partial charge in [0, 0.05) is 20.8 Å². The Labute approximate surface area is 204 Å². The molecule has 0 saturated carbocycles. The highest BCUT2D eigenvalue weighted by molar-refractivity contribution is 7.15. The van der Waals surface area contributed by atoms with Crippen molar-refractivity contribution in [3.63, 3.8) is 0 Å². The number of nitrogens with zero attached hydrogens (tertiary/aromatic N) is 3. The van der Waals surface area contributed by atoms with Gasteiger partial charge in [-0.1, -0.05) is 12.1 Å². The molecular formula is C28H18FN3O2S. The van der Waals surface area contributed by atoms with Crippen molar-refractivity contribution in [1.29, 1.82) is 0 Å². The van der Waals surface area contributed by atoms with Crippen LogP contribution in [0.3, 0.4) is 0 Å². The highest BCUT2D eigenvalue weighted by Crippen LogP contribution is 2.32. The van der Waals surface area contributed by atoms with Crippen LogP contribution in [0.4, 0.5) is 10.1 Å². The van der Waals surface area contributed by atoms with Crippen LogP contribution in [0.25, 0.3) is 32.4 Å². The number of rotatable bonds is 5. The van der Waals surface area contributed by atoms with Crippen molar-refractivity contribution in [2.75, 3.05) is 4.90 Å². The van der Waals surface area contributed by atoms with Gasteiger partial charge in [-0.05, 0) is 78.4 Å². The number of benzene rings is 3. The van der Waals surface area contributed by atoms with Gasteiger partial charge >= 0.3 is 0 Å². The van der Waals surface area contributed by atoms with Crippen molar-refractivity contribution in [3.8, 4) is 10.4 Å². The van der Waals surface area contributed by atoms with Crippen molar-refractivity contribution in [2.45, 2.75) is 6.54 Å². The smallest absolute Gasteiger partial charge is 0.278 e. The van der Waals surface area contributed by atoms with E-state index in [1.807, 2.05) is 54.6 Å². The Bertz CT molecular complexity index is 1670. The van der Waals surface area contributed by atoms with Crippen LogP contribution in [0, 0.1) is 5.82 Å². The molecule has 0 atom stereocenters. The zero-order valence-corrected chi connectivity index (χ0v) is 19.2. The Morgan fingerprint density at radius 3 is 2.63 bits per heavy atom. The number of furan rings is 1. The molecule has 35 heavy (non-hydrogen) atoms. The number of para-hydroxylation sites is 2. The number of carbonyl (C=O) groups is 1. The molecule has 6 rings (SSSR count). The van der Waals surface area contributed by atoms with Crippen molar-refractivity contribution in [3.05, 3.63) is 114 Å². The lowest BCUT2D eigenvalue weighted by Gasteiger charge is -2.22. The Balaban J connectivity index is 1.34. The fourth-order valence-electron chi connectivity index (χ4n) is 3.99. The van der Waals surface area contributed by atoms with Gasteiger partial charge in [-0.3, -0.25) is 9.78 Å². The lowest BCUT2D eigenvalue weighted by molar-refractivity contribution is 0.0980. The summed E-state index contributed by atoms with van der Waals surface area (Å²) in [5.74, 6) is -0.663. The van der Waals surface area contributed by atoms with Crippen LogP contribution < -0.4 is 4.90 Å². The molecule has 0 spiro atoms. The van der Waals surface area contributed by atoms with Crippen LogP contribution in [0.1, 0.15) is 15.4 Å². The predicted octanol–water partition coefficient (Wildman–Crippen LogP) is 7.09. The van der Waals surface area contributed by atoms with E-state index in [0.717, 1.165) is 31.8 Å². The summed E-state index contributed by atoms with van der Waals surface area (Å²) in [7, 11) is 0. The van der Waals surface area contributed by atoms with Crippen LogP contribution in [0.5, 0.6) is 0 Å². The summed E-state index contributed by atoms with van der Waals surface area (Å²) < 4.78 is 19.1. The maximum Gasteiger partial charge on any atom is 0.278 e. The number of hydrogen-bond acceptors (Lipinski definition) is 5. The fourth-order valence-corrected chi connectivity index (χ4v) is 4.99. The third kappa shape index (κ3) is 4.18. The summed E-state index contributed by atoms with van der Waals surface area (Å²) in [5, 5.41) is 1.04. The summed E-state index contributed by atoms with van der Waals surface area (Å²) in [6.07, 6.45) is 3.16. The van der Waals surface area contributed by atoms with E-state index >= 15 is 0 Å². The number of halogens is 1. The van der Waals surface area contributed by atoms with Crippen LogP contribution in [0.2, 0.25) is 0 Å². The van der Waals surface area contributed by atoms with Gasteiger partial charge in [-0.15, -0.1) is 11.3 Å². The lowest BCUT2D eigenvalue weighted by Crippen LogP contribution is -2.31. The predicted molar refractivity (Wildman–Crippen MR) is 136 cm³/mol. The fraction of sp³-hybridized carbons (Fsp3) is 0.0357. The molecule has 0 fully saturated rings. The number of hydrogen-bond donors (Lipinski definition) is 0. The first-order valence-electron chi connectivity index (χ1n) is 11.0. The topological polar surface area (TPSA) is 59.2 Å². The molecule has 1 amide bonds. The maximum atomic E-state index is 13.6. The second kappa shape index (κ2) is 8.77. The molecule has 3 heterocycles. The van der Waals surface area contributed by atoms with Crippen molar-refractivity contribution in [1.82, 2.24) is 9.97 Å². The molecule has 0 bridgehead atoms. The summed E-state index contributed by atoms with van der Waals surface area (Å²) in [4.78, 5) is 26.2. The highest BCUT2D eigenvalue weighted by Gasteiger charge is 2.21. The Morgan fingerprint density at radius 1 is 0.943 bits per heavy atom. The van der Waals surface area contributed by atoms with Crippen molar-refractivity contribution >= 4 is 44.9 Å². The number of carbonyl (C=O) groups excluding carboxylic acids is 1. The maximum absolute atomic E-state index is 13.6. The monoisotopic (exact) mass is 479 g/mol. The van der Waals surface area contributed by atoms with Crippen molar-refractivity contribution in [2.24, 2.45) is 0 Å². The Kier molecular flexibility index (Phi) is 5.31. The molecule has 170 valence electrons. The van der Waals surface area contributed by atoms with E-state index in [9.17, 15) is 9.18 Å². The Hall–Kier alpha value is -4.36. The molecule has 0 aliphatic heterocycles. The molecule has 0 radical (unpaired) electrons. The second-order valence-electron chi connectivity index (χ2n) is 8.05. The van der Waals surface area contributed by atoms with E-state index in [0.29, 0.717) is 17.7 Å². The van der Waals surface area contributed by atoms with E-state index in [-0.39, 0.29) is 17.4 Å². The van der Waals surface area contributed by atoms with E-state index in [4.69, 9.17) is 4.42 Å². The van der Waals surface area contributed by atoms with Crippen LogP contribution in [0.15, 0.2) is 102 Å². The van der Waals surface area contributed by atoms with Crippen molar-refractivity contribution < 1.29 is 13.6 Å². The van der Waals surface area contributed by atoms with Gasteiger partial charge < -0.3 is 9.32 Å². The number of thiophene rings is 1. The lowest BCUT2D eigenvalue weighted by atomic mass is 10.1.